The van der Waals surface area contributed by atoms with Gasteiger partial charge >= 0.3 is 0 Å². The molecular formula is C24H27ClN4O2S. The van der Waals surface area contributed by atoms with Crippen molar-refractivity contribution in [2.24, 2.45) is 0 Å². The molecule has 0 spiro atoms. The number of carbonyl (C=O) groups is 1. The van der Waals surface area contributed by atoms with Gasteiger partial charge in [-0.1, -0.05) is 30.2 Å². The molecule has 3 aromatic rings. The van der Waals surface area contributed by atoms with E-state index in [2.05, 4.69) is 15.2 Å². The van der Waals surface area contributed by atoms with Gasteiger partial charge in [0.25, 0.3) is 11.5 Å². The third kappa shape index (κ3) is 5.46. The number of H-pyrrole nitrogens is 1. The lowest BCUT2D eigenvalue weighted by Crippen LogP contribution is -2.33. The van der Waals surface area contributed by atoms with Gasteiger partial charge in [0.05, 0.1) is 17.4 Å². The van der Waals surface area contributed by atoms with Gasteiger partial charge in [-0.05, 0) is 87.0 Å². The fourth-order valence-electron chi connectivity index (χ4n) is 4.10. The molecule has 1 aromatic heterocycles. The zero-order chi connectivity index (χ0) is 22.5. The molecule has 1 fully saturated rings. The highest BCUT2D eigenvalue weighted by Gasteiger charge is 2.12. The van der Waals surface area contributed by atoms with Gasteiger partial charge in [-0.3, -0.25) is 14.2 Å². The molecule has 1 aliphatic rings. The van der Waals surface area contributed by atoms with Crippen molar-refractivity contribution in [2.45, 2.75) is 32.2 Å². The molecule has 32 heavy (non-hydrogen) atoms. The molecule has 6 nitrogen and oxygen atoms in total. The number of hydrogen-bond donors (Lipinski definition) is 2. The summed E-state index contributed by atoms with van der Waals surface area (Å²) in [5.41, 5.74) is 1.81. The van der Waals surface area contributed by atoms with E-state index in [9.17, 15) is 9.59 Å². The predicted octanol–water partition coefficient (Wildman–Crippen LogP) is 4.37. The first-order chi connectivity index (χ1) is 15.5. The van der Waals surface area contributed by atoms with Crippen molar-refractivity contribution >= 4 is 40.6 Å². The minimum atomic E-state index is -0.188. The molecule has 2 heterocycles. The van der Waals surface area contributed by atoms with Crippen LogP contribution < -0.4 is 10.9 Å². The number of amides is 1. The summed E-state index contributed by atoms with van der Waals surface area (Å²) in [7, 11) is 0. The summed E-state index contributed by atoms with van der Waals surface area (Å²) in [6.45, 7) is 4.31. The van der Waals surface area contributed by atoms with Gasteiger partial charge in [-0.2, -0.15) is 0 Å². The second-order valence-corrected chi connectivity index (χ2v) is 9.04. The summed E-state index contributed by atoms with van der Waals surface area (Å²) in [6, 6.07) is 12.4. The number of hydrogen-bond acceptors (Lipinski definition) is 4. The van der Waals surface area contributed by atoms with Crippen LogP contribution in [-0.2, 0) is 6.54 Å². The standard InChI is InChI=1S/C24H27ClN4O2S/c25-19-8-5-17(6-9-19)16-29-23(31)20-10-7-18(15-21(20)27-24(29)32)22(30)26-11-4-14-28-12-2-1-3-13-28/h5-10,15H,1-4,11-14,16H2,(H,26,30)(H,27,32). The number of rotatable bonds is 7. The Hall–Kier alpha value is -2.48. The number of halogens is 1. The molecule has 1 aliphatic heterocycles. The first kappa shape index (κ1) is 22.7. The first-order valence-electron chi connectivity index (χ1n) is 11.0. The van der Waals surface area contributed by atoms with E-state index >= 15 is 0 Å². The third-order valence-electron chi connectivity index (χ3n) is 5.88. The molecule has 0 atom stereocenters. The Morgan fingerprint density at radius 1 is 1.09 bits per heavy atom. The fraction of sp³-hybridized carbons (Fsp3) is 0.375. The maximum absolute atomic E-state index is 13.0. The zero-order valence-electron chi connectivity index (χ0n) is 17.9. The maximum Gasteiger partial charge on any atom is 0.262 e. The first-order valence-corrected chi connectivity index (χ1v) is 11.8. The van der Waals surface area contributed by atoms with Crippen LogP contribution in [0.25, 0.3) is 10.9 Å². The number of fused-ring (bicyclic) bond motifs is 1. The lowest BCUT2D eigenvalue weighted by Gasteiger charge is -2.26. The number of nitrogens with zero attached hydrogens (tertiary/aromatic N) is 2. The Morgan fingerprint density at radius 2 is 1.84 bits per heavy atom. The van der Waals surface area contributed by atoms with Crippen molar-refractivity contribution in [1.82, 2.24) is 19.8 Å². The SMILES string of the molecule is O=C(NCCCN1CCCCC1)c1ccc2c(=O)n(Cc3ccc(Cl)cc3)c(=S)[nH]c2c1. The molecule has 8 heteroatoms. The predicted molar refractivity (Wildman–Crippen MR) is 131 cm³/mol. The Kier molecular flexibility index (Phi) is 7.40. The lowest BCUT2D eigenvalue weighted by atomic mass is 10.1. The molecule has 4 rings (SSSR count). The van der Waals surface area contributed by atoms with Crippen LogP contribution in [0.15, 0.2) is 47.3 Å². The van der Waals surface area contributed by atoms with Crippen LogP contribution >= 0.6 is 23.8 Å². The van der Waals surface area contributed by atoms with E-state index < -0.39 is 0 Å². The molecule has 1 amide bonds. The topological polar surface area (TPSA) is 70.1 Å². The molecule has 2 aromatic carbocycles. The third-order valence-corrected chi connectivity index (χ3v) is 6.46. The van der Waals surface area contributed by atoms with Crippen LogP contribution in [0.1, 0.15) is 41.6 Å². The average molecular weight is 471 g/mol. The van der Waals surface area contributed by atoms with Crippen molar-refractivity contribution < 1.29 is 4.79 Å². The summed E-state index contributed by atoms with van der Waals surface area (Å²) in [4.78, 5) is 31.2. The smallest absolute Gasteiger partial charge is 0.262 e. The van der Waals surface area contributed by atoms with Gasteiger partial charge in [0.2, 0.25) is 0 Å². The summed E-state index contributed by atoms with van der Waals surface area (Å²) in [5.74, 6) is -0.143. The second kappa shape index (κ2) is 10.4. The highest BCUT2D eigenvalue weighted by Crippen LogP contribution is 2.14. The van der Waals surface area contributed by atoms with E-state index in [1.54, 1.807) is 30.3 Å². The van der Waals surface area contributed by atoms with Crippen molar-refractivity contribution in [2.75, 3.05) is 26.2 Å². The van der Waals surface area contributed by atoms with E-state index in [-0.39, 0.29) is 11.5 Å². The molecule has 0 radical (unpaired) electrons. The molecule has 0 unspecified atom stereocenters. The number of benzene rings is 2. The molecule has 1 saturated heterocycles. The molecule has 2 N–H and O–H groups in total. The summed E-state index contributed by atoms with van der Waals surface area (Å²) in [5, 5.41) is 4.12. The Morgan fingerprint density at radius 3 is 2.59 bits per heavy atom. The Bertz CT molecular complexity index is 1210. The van der Waals surface area contributed by atoms with Crippen LogP contribution in [0.5, 0.6) is 0 Å². The minimum Gasteiger partial charge on any atom is -0.352 e. The van der Waals surface area contributed by atoms with E-state index in [0.717, 1.165) is 31.6 Å². The highest BCUT2D eigenvalue weighted by atomic mass is 35.5. The number of piperidine rings is 1. The number of carbonyl (C=O) groups excluding carboxylic acids is 1. The largest absolute Gasteiger partial charge is 0.352 e. The van der Waals surface area contributed by atoms with Crippen molar-refractivity contribution in [3.05, 3.63) is 73.7 Å². The second-order valence-electron chi connectivity index (χ2n) is 8.22. The van der Waals surface area contributed by atoms with Crippen LogP contribution in [0, 0.1) is 4.77 Å². The van der Waals surface area contributed by atoms with E-state index in [0.29, 0.717) is 39.3 Å². The van der Waals surface area contributed by atoms with Gasteiger partial charge in [0, 0.05) is 17.1 Å². The fourth-order valence-corrected chi connectivity index (χ4v) is 4.48. The Labute approximate surface area is 197 Å². The van der Waals surface area contributed by atoms with Crippen LogP contribution in [0.3, 0.4) is 0 Å². The monoisotopic (exact) mass is 470 g/mol. The van der Waals surface area contributed by atoms with Gasteiger partial charge < -0.3 is 15.2 Å². The van der Waals surface area contributed by atoms with Crippen molar-refractivity contribution in [1.29, 1.82) is 0 Å². The lowest BCUT2D eigenvalue weighted by molar-refractivity contribution is 0.0951. The van der Waals surface area contributed by atoms with Crippen molar-refractivity contribution in [3.8, 4) is 0 Å². The van der Waals surface area contributed by atoms with Gasteiger partial charge in [-0.15, -0.1) is 0 Å². The van der Waals surface area contributed by atoms with Crippen LogP contribution in [-0.4, -0.2) is 46.5 Å². The molecule has 0 bridgehead atoms. The van der Waals surface area contributed by atoms with Crippen LogP contribution in [0.2, 0.25) is 5.02 Å². The quantitative estimate of drug-likeness (QED) is 0.397. The maximum atomic E-state index is 13.0. The van der Waals surface area contributed by atoms with E-state index in [4.69, 9.17) is 23.8 Å². The summed E-state index contributed by atoms with van der Waals surface area (Å²) >= 11 is 11.4. The molecule has 0 aliphatic carbocycles. The van der Waals surface area contributed by atoms with Gasteiger partial charge in [-0.25, -0.2) is 0 Å². The summed E-state index contributed by atoms with van der Waals surface area (Å²) < 4.78 is 1.83. The highest BCUT2D eigenvalue weighted by molar-refractivity contribution is 7.71. The zero-order valence-corrected chi connectivity index (χ0v) is 19.5. The summed E-state index contributed by atoms with van der Waals surface area (Å²) in [6.07, 6.45) is 4.79. The van der Waals surface area contributed by atoms with Crippen molar-refractivity contribution in [3.63, 3.8) is 0 Å². The number of nitrogens with one attached hydrogen (secondary N) is 2. The normalized spacial score (nSPS) is 14.5. The molecule has 168 valence electrons. The number of likely N-dealkylation sites (tertiary alicyclic amines) is 1. The number of aromatic nitrogens is 2. The average Bonchev–Trinajstić information content (AvgIpc) is 2.81. The van der Waals surface area contributed by atoms with Crippen LogP contribution in [0.4, 0.5) is 0 Å². The van der Waals surface area contributed by atoms with E-state index in [1.165, 1.54) is 23.8 Å². The Balaban J connectivity index is 1.44. The van der Waals surface area contributed by atoms with Gasteiger partial charge in [0.15, 0.2) is 4.77 Å². The molecule has 0 saturated carbocycles. The number of aromatic amines is 1. The molecular weight excluding hydrogens is 444 g/mol. The minimum absolute atomic E-state index is 0.143. The van der Waals surface area contributed by atoms with Gasteiger partial charge in [0.1, 0.15) is 0 Å². The van der Waals surface area contributed by atoms with E-state index in [1.807, 2.05) is 12.1 Å².